The Labute approximate surface area is 121 Å². The van der Waals surface area contributed by atoms with Gasteiger partial charge in [-0.3, -0.25) is 4.79 Å². The maximum Gasteiger partial charge on any atom is 0.312 e. The summed E-state index contributed by atoms with van der Waals surface area (Å²) in [6.07, 6.45) is 2.60. The van der Waals surface area contributed by atoms with E-state index < -0.39 is 11.4 Å². The second-order valence-corrected chi connectivity index (χ2v) is 6.16. The average molecular weight is 301 g/mol. The van der Waals surface area contributed by atoms with E-state index in [1.807, 2.05) is 6.07 Å². The lowest BCUT2D eigenvalue weighted by atomic mass is 9.70. The summed E-state index contributed by atoms with van der Waals surface area (Å²) >= 11 is 12.2. The zero-order chi connectivity index (χ0) is 13.6. The van der Waals surface area contributed by atoms with Crippen LogP contribution in [0.1, 0.15) is 24.8 Å². The van der Waals surface area contributed by atoms with Crippen molar-refractivity contribution in [1.82, 2.24) is 0 Å². The van der Waals surface area contributed by atoms with Crippen LogP contribution < -0.4 is 0 Å². The summed E-state index contributed by atoms with van der Waals surface area (Å²) in [5, 5.41) is 10.6. The number of ether oxygens (including phenoxy) is 1. The molecule has 1 N–H and O–H groups in total. The number of halogens is 2. The van der Waals surface area contributed by atoms with Crippen LogP contribution in [0.4, 0.5) is 0 Å². The Morgan fingerprint density at radius 2 is 2.21 bits per heavy atom. The molecule has 0 amide bonds. The first-order valence-corrected chi connectivity index (χ1v) is 7.10. The highest BCUT2D eigenvalue weighted by atomic mass is 35.5. The van der Waals surface area contributed by atoms with Crippen molar-refractivity contribution in [3.63, 3.8) is 0 Å². The van der Waals surface area contributed by atoms with Gasteiger partial charge in [0.05, 0.1) is 22.3 Å². The summed E-state index contributed by atoms with van der Waals surface area (Å²) in [7, 11) is 0. The Morgan fingerprint density at radius 3 is 2.79 bits per heavy atom. The van der Waals surface area contributed by atoms with Crippen molar-refractivity contribution in [3.8, 4) is 0 Å². The van der Waals surface area contributed by atoms with Crippen molar-refractivity contribution in [1.29, 1.82) is 0 Å². The molecule has 2 bridgehead atoms. The van der Waals surface area contributed by atoms with E-state index in [9.17, 15) is 9.90 Å². The van der Waals surface area contributed by atoms with Gasteiger partial charge in [-0.05, 0) is 37.3 Å². The number of carboxylic acid groups (broad SMARTS) is 1. The quantitative estimate of drug-likeness (QED) is 0.928. The molecule has 1 aromatic rings. The highest BCUT2D eigenvalue weighted by molar-refractivity contribution is 6.42. The largest absolute Gasteiger partial charge is 0.481 e. The molecule has 0 aromatic heterocycles. The van der Waals surface area contributed by atoms with Gasteiger partial charge in [0.2, 0.25) is 0 Å². The molecule has 2 fully saturated rings. The normalized spacial score (nSPS) is 32.7. The smallest absolute Gasteiger partial charge is 0.312 e. The van der Waals surface area contributed by atoms with Crippen molar-refractivity contribution in [3.05, 3.63) is 33.8 Å². The van der Waals surface area contributed by atoms with Crippen molar-refractivity contribution >= 4 is 29.2 Å². The van der Waals surface area contributed by atoms with Crippen molar-refractivity contribution in [2.24, 2.45) is 5.41 Å². The molecule has 2 saturated heterocycles. The number of fused-ring (bicyclic) bond motifs is 2. The molecule has 0 spiro atoms. The first-order valence-electron chi connectivity index (χ1n) is 6.35. The standard InChI is InChI=1S/C14H14Cl2O3/c15-10-3-1-2-8(12(10)16)6-14(13(17)18)7-9-4-5-11(14)19-9/h1-3,9,11H,4-7H2,(H,17,18). The van der Waals surface area contributed by atoms with Crippen LogP contribution in [0, 0.1) is 5.41 Å². The molecular weight excluding hydrogens is 287 g/mol. The summed E-state index contributed by atoms with van der Waals surface area (Å²) in [6, 6.07) is 5.34. The first kappa shape index (κ1) is 13.2. The maximum absolute atomic E-state index is 11.8. The van der Waals surface area contributed by atoms with Gasteiger partial charge >= 0.3 is 5.97 Å². The lowest BCUT2D eigenvalue weighted by Gasteiger charge is -2.31. The van der Waals surface area contributed by atoms with Crippen LogP contribution in [0.15, 0.2) is 18.2 Å². The molecule has 2 aliphatic rings. The molecule has 3 nitrogen and oxygen atoms in total. The Bertz CT molecular complexity index is 531. The number of aliphatic carboxylic acids is 1. The molecule has 3 unspecified atom stereocenters. The maximum atomic E-state index is 11.8. The van der Waals surface area contributed by atoms with E-state index in [0.717, 1.165) is 18.4 Å². The molecule has 0 saturated carbocycles. The van der Waals surface area contributed by atoms with Crippen molar-refractivity contribution in [2.45, 2.75) is 37.9 Å². The zero-order valence-electron chi connectivity index (χ0n) is 10.2. The topological polar surface area (TPSA) is 46.5 Å². The van der Waals surface area contributed by atoms with E-state index in [1.165, 1.54) is 0 Å². The van der Waals surface area contributed by atoms with Gasteiger partial charge in [-0.15, -0.1) is 0 Å². The van der Waals surface area contributed by atoms with Crippen LogP contribution in [0.25, 0.3) is 0 Å². The van der Waals surface area contributed by atoms with Crippen LogP contribution in [-0.2, 0) is 16.0 Å². The molecule has 2 aliphatic heterocycles. The van der Waals surface area contributed by atoms with Gasteiger partial charge in [0.15, 0.2) is 0 Å². The van der Waals surface area contributed by atoms with E-state index in [-0.39, 0.29) is 12.2 Å². The van der Waals surface area contributed by atoms with E-state index in [4.69, 9.17) is 27.9 Å². The second-order valence-electron chi connectivity index (χ2n) is 5.38. The van der Waals surface area contributed by atoms with Crippen LogP contribution in [0.5, 0.6) is 0 Å². The van der Waals surface area contributed by atoms with Gasteiger partial charge in [-0.25, -0.2) is 0 Å². The minimum atomic E-state index is -0.850. The minimum Gasteiger partial charge on any atom is -0.481 e. The van der Waals surface area contributed by atoms with E-state index in [1.54, 1.807) is 12.1 Å². The van der Waals surface area contributed by atoms with Crippen molar-refractivity contribution < 1.29 is 14.6 Å². The number of hydrogen-bond acceptors (Lipinski definition) is 2. The lowest BCUT2D eigenvalue weighted by Crippen LogP contribution is -2.42. The summed E-state index contributed by atoms with van der Waals surface area (Å²) in [5.74, 6) is -0.796. The van der Waals surface area contributed by atoms with Crippen LogP contribution in [0.3, 0.4) is 0 Å². The predicted octanol–water partition coefficient (Wildman–Crippen LogP) is 3.56. The number of hydrogen-bond donors (Lipinski definition) is 1. The van der Waals surface area contributed by atoms with Crippen LogP contribution in [0.2, 0.25) is 10.0 Å². The Morgan fingerprint density at radius 1 is 1.42 bits per heavy atom. The number of carboxylic acids is 1. The SMILES string of the molecule is O=C(O)C1(Cc2cccc(Cl)c2Cl)CC2CCC1O2. The van der Waals surface area contributed by atoms with Crippen LogP contribution in [-0.4, -0.2) is 23.3 Å². The fourth-order valence-electron chi connectivity index (χ4n) is 3.31. The fraction of sp³-hybridized carbons (Fsp3) is 0.500. The molecule has 5 heteroatoms. The second kappa shape index (κ2) is 4.65. The fourth-order valence-corrected chi connectivity index (χ4v) is 3.70. The summed E-state index contributed by atoms with van der Waals surface area (Å²) in [4.78, 5) is 11.8. The van der Waals surface area contributed by atoms with Gasteiger partial charge < -0.3 is 9.84 Å². The van der Waals surface area contributed by atoms with E-state index in [0.29, 0.717) is 22.9 Å². The number of benzene rings is 1. The van der Waals surface area contributed by atoms with Gasteiger partial charge in [0, 0.05) is 0 Å². The van der Waals surface area contributed by atoms with Gasteiger partial charge in [0.1, 0.15) is 5.41 Å². The molecule has 3 rings (SSSR count). The minimum absolute atomic E-state index is 0.0825. The highest BCUT2D eigenvalue weighted by Crippen LogP contribution is 2.50. The summed E-state index contributed by atoms with van der Waals surface area (Å²) in [6.45, 7) is 0. The van der Waals surface area contributed by atoms with E-state index >= 15 is 0 Å². The Balaban J connectivity index is 1.95. The zero-order valence-corrected chi connectivity index (χ0v) is 11.7. The van der Waals surface area contributed by atoms with Crippen molar-refractivity contribution in [2.75, 3.05) is 0 Å². The predicted molar refractivity (Wildman–Crippen MR) is 72.7 cm³/mol. The molecule has 0 radical (unpaired) electrons. The third-order valence-corrected chi connectivity index (χ3v) is 5.14. The Kier molecular flexibility index (Phi) is 3.24. The highest BCUT2D eigenvalue weighted by Gasteiger charge is 2.57. The number of rotatable bonds is 3. The lowest BCUT2D eigenvalue weighted by molar-refractivity contribution is -0.152. The van der Waals surface area contributed by atoms with Gasteiger partial charge in [0.25, 0.3) is 0 Å². The molecule has 2 heterocycles. The molecule has 102 valence electrons. The summed E-state index contributed by atoms with van der Waals surface area (Å²) < 4.78 is 5.73. The molecule has 3 atom stereocenters. The van der Waals surface area contributed by atoms with Gasteiger partial charge in [-0.2, -0.15) is 0 Å². The monoisotopic (exact) mass is 300 g/mol. The average Bonchev–Trinajstić information content (AvgIpc) is 2.96. The Hall–Kier alpha value is -0.770. The van der Waals surface area contributed by atoms with E-state index in [2.05, 4.69) is 0 Å². The molecule has 19 heavy (non-hydrogen) atoms. The first-order chi connectivity index (χ1) is 9.03. The number of carbonyl (C=O) groups is 1. The summed E-state index contributed by atoms with van der Waals surface area (Å²) in [5.41, 5.74) is -0.0650. The van der Waals surface area contributed by atoms with Crippen LogP contribution >= 0.6 is 23.2 Å². The third kappa shape index (κ3) is 2.04. The molecule has 0 aliphatic carbocycles. The van der Waals surface area contributed by atoms with Gasteiger partial charge in [-0.1, -0.05) is 35.3 Å². The molecular formula is C14H14Cl2O3. The third-order valence-electron chi connectivity index (χ3n) is 4.28. The molecule has 1 aromatic carbocycles.